The Morgan fingerprint density at radius 1 is 1.22 bits per heavy atom. The predicted molar refractivity (Wildman–Crippen MR) is 78.6 cm³/mol. The summed E-state index contributed by atoms with van der Waals surface area (Å²) in [5, 5.41) is 10.4. The molecule has 1 heterocycles. The van der Waals surface area contributed by atoms with Gasteiger partial charge < -0.3 is 14.9 Å². The van der Waals surface area contributed by atoms with Crippen molar-refractivity contribution >= 4 is 16.5 Å². The van der Waals surface area contributed by atoms with E-state index in [1.165, 1.54) is 0 Å². The maximum atomic E-state index is 9.36. The molecule has 0 amide bonds. The molecule has 0 aliphatic rings. The van der Waals surface area contributed by atoms with Gasteiger partial charge in [0.25, 0.3) is 0 Å². The van der Waals surface area contributed by atoms with Crippen LogP contribution in [0.1, 0.15) is 36.8 Å². The van der Waals surface area contributed by atoms with E-state index in [1.807, 2.05) is 0 Å². The Morgan fingerprint density at radius 2 is 1.89 bits per heavy atom. The van der Waals surface area contributed by atoms with Crippen LogP contribution in [0, 0.1) is 0 Å². The van der Waals surface area contributed by atoms with E-state index in [4.69, 9.17) is 0 Å². The minimum Gasteiger partial charge on any atom is -0.391 e. The average Bonchev–Trinajstić information content (AvgIpc) is 2.72. The molecule has 5 heteroatoms. The Kier molecular flexibility index (Phi) is 6.05. The number of aliphatic hydroxyl groups is 1. The SMILES string of the molecule is CC(C)c1nc(N(C)CCCN(C)C)sc1CO. The highest BCUT2D eigenvalue weighted by molar-refractivity contribution is 7.15. The van der Waals surface area contributed by atoms with Gasteiger partial charge in [0.1, 0.15) is 0 Å². The number of hydrogen-bond donors (Lipinski definition) is 1. The van der Waals surface area contributed by atoms with Crippen molar-refractivity contribution in [3.63, 3.8) is 0 Å². The summed E-state index contributed by atoms with van der Waals surface area (Å²) in [7, 11) is 6.24. The second-order valence-corrected chi connectivity index (χ2v) is 6.26. The Hall–Kier alpha value is -0.650. The largest absolute Gasteiger partial charge is 0.391 e. The van der Waals surface area contributed by atoms with Crippen LogP contribution in [0.4, 0.5) is 5.13 Å². The highest BCUT2D eigenvalue weighted by atomic mass is 32.1. The molecule has 0 saturated carbocycles. The van der Waals surface area contributed by atoms with Gasteiger partial charge in [-0.15, -0.1) is 0 Å². The lowest BCUT2D eigenvalue weighted by Crippen LogP contribution is -2.23. The Labute approximate surface area is 114 Å². The van der Waals surface area contributed by atoms with Crippen LogP contribution in [0.25, 0.3) is 0 Å². The molecular formula is C13H25N3OS. The van der Waals surface area contributed by atoms with E-state index in [2.05, 4.69) is 49.8 Å². The monoisotopic (exact) mass is 271 g/mol. The molecule has 1 N–H and O–H groups in total. The molecule has 0 aromatic carbocycles. The van der Waals surface area contributed by atoms with Crippen molar-refractivity contribution in [3.05, 3.63) is 10.6 Å². The van der Waals surface area contributed by atoms with E-state index in [0.29, 0.717) is 5.92 Å². The van der Waals surface area contributed by atoms with E-state index in [-0.39, 0.29) is 6.61 Å². The van der Waals surface area contributed by atoms with Crippen LogP contribution in [0.2, 0.25) is 0 Å². The normalized spacial score (nSPS) is 11.6. The van der Waals surface area contributed by atoms with Crippen molar-refractivity contribution < 1.29 is 5.11 Å². The van der Waals surface area contributed by atoms with Gasteiger partial charge in [-0.05, 0) is 33.0 Å². The van der Waals surface area contributed by atoms with Crippen molar-refractivity contribution in [3.8, 4) is 0 Å². The molecule has 0 aliphatic heterocycles. The summed E-state index contributed by atoms with van der Waals surface area (Å²) in [4.78, 5) is 10.0. The summed E-state index contributed by atoms with van der Waals surface area (Å²) in [6.45, 7) is 6.40. The number of thiazole rings is 1. The third-order valence-corrected chi connectivity index (χ3v) is 4.00. The fourth-order valence-corrected chi connectivity index (χ4v) is 2.86. The van der Waals surface area contributed by atoms with E-state index in [9.17, 15) is 5.11 Å². The first kappa shape index (κ1) is 15.4. The summed E-state index contributed by atoms with van der Waals surface area (Å²) in [5.41, 5.74) is 1.04. The molecule has 0 atom stereocenters. The topological polar surface area (TPSA) is 39.6 Å². The Morgan fingerprint density at radius 3 is 2.33 bits per heavy atom. The summed E-state index contributed by atoms with van der Waals surface area (Å²) in [6, 6.07) is 0. The van der Waals surface area contributed by atoms with Gasteiger partial charge >= 0.3 is 0 Å². The number of aliphatic hydroxyl groups excluding tert-OH is 1. The molecular weight excluding hydrogens is 246 g/mol. The average molecular weight is 271 g/mol. The zero-order valence-electron chi connectivity index (χ0n) is 12.1. The van der Waals surface area contributed by atoms with Crippen LogP contribution < -0.4 is 4.90 Å². The van der Waals surface area contributed by atoms with E-state index in [0.717, 1.165) is 35.2 Å². The van der Waals surface area contributed by atoms with Crippen LogP contribution in [0.5, 0.6) is 0 Å². The maximum Gasteiger partial charge on any atom is 0.185 e. The lowest BCUT2D eigenvalue weighted by molar-refractivity contribution is 0.283. The lowest BCUT2D eigenvalue weighted by atomic mass is 10.1. The molecule has 0 spiro atoms. The van der Waals surface area contributed by atoms with Gasteiger partial charge in [0.15, 0.2) is 5.13 Å². The number of anilines is 1. The van der Waals surface area contributed by atoms with Crippen LogP contribution in [-0.4, -0.2) is 49.2 Å². The van der Waals surface area contributed by atoms with Gasteiger partial charge in [0.05, 0.1) is 17.2 Å². The smallest absolute Gasteiger partial charge is 0.185 e. The van der Waals surface area contributed by atoms with Crippen LogP contribution in [-0.2, 0) is 6.61 Å². The first-order valence-electron chi connectivity index (χ1n) is 6.42. The summed E-state index contributed by atoms with van der Waals surface area (Å²) in [6.07, 6.45) is 1.12. The number of hydrogen-bond acceptors (Lipinski definition) is 5. The number of aromatic nitrogens is 1. The molecule has 1 aromatic heterocycles. The van der Waals surface area contributed by atoms with Crippen molar-refractivity contribution in [1.82, 2.24) is 9.88 Å². The highest BCUT2D eigenvalue weighted by Crippen LogP contribution is 2.30. The molecule has 4 nitrogen and oxygen atoms in total. The minimum atomic E-state index is 0.0940. The van der Waals surface area contributed by atoms with Gasteiger partial charge in [-0.3, -0.25) is 0 Å². The van der Waals surface area contributed by atoms with Crippen LogP contribution in [0.15, 0.2) is 0 Å². The van der Waals surface area contributed by atoms with Gasteiger partial charge in [-0.25, -0.2) is 4.98 Å². The third-order valence-electron chi connectivity index (χ3n) is 2.83. The van der Waals surface area contributed by atoms with E-state index in [1.54, 1.807) is 11.3 Å². The van der Waals surface area contributed by atoms with Crippen molar-refractivity contribution in [1.29, 1.82) is 0 Å². The number of rotatable bonds is 7. The molecule has 104 valence electrons. The lowest BCUT2D eigenvalue weighted by Gasteiger charge is -2.17. The molecule has 0 bridgehead atoms. The molecule has 0 aliphatic carbocycles. The van der Waals surface area contributed by atoms with Crippen molar-refractivity contribution in [2.45, 2.75) is 32.8 Å². The molecule has 0 radical (unpaired) electrons. The number of nitrogens with zero attached hydrogens (tertiary/aromatic N) is 3. The first-order valence-corrected chi connectivity index (χ1v) is 7.23. The molecule has 0 saturated heterocycles. The zero-order valence-corrected chi connectivity index (χ0v) is 12.9. The molecule has 0 unspecified atom stereocenters. The van der Waals surface area contributed by atoms with Gasteiger partial charge in [0, 0.05) is 13.6 Å². The third kappa shape index (κ3) is 4.23. The fourth-order valence-electron chi connectivity index (χ4n) is 1.80. The molecule has 0 fully saturated rings. The zero-order chi connectivity index (χ0) is 13.7. The second kappa shape index (κ2) is 7.07. The summed E-state index contributed by atoms with van der Waals surface area (Å²) in [5.74, 6) is 0.368. The van der Waals surface area contributed by atoms with Gasteiger partial charge in [0.2, 0.25) is 0 Å². The van der Waals surface area contributed by atoms with Crippen molar-refractivity contribution in [2.75, 3.05) is 39.1 Å². The molecule has 1 rings (SSSR count). The predicted octanol–water partition coefficient (Wildman–Crippen LogP) is 2.15. The van der Waals surface area contributed by atoms with Gasteiger partial charge in [-0.2, -0.15) is 0 Å². The molecule has 18 heavy (non-hydrogen) atoms. The van der Waals surface area contributed by atoms with E-state index < -0.39 is 0 Å². The Balaban J connectivity index is 2.65. The highest BCUT2D eigenvalue weighted by Gasteiger charge is 2.15. The van der Waals surface area contributed by atoms with Crippen LogP contribution in [0.3, 0.4) is 0 Å². The van der Waals surface area contributed by atoms with Crippen molar-refractivity contribution in [2.24, 2.45) is 0 Å². The second-order valence-electron chi connectivity index (χ2n) is 5.20. The summed E-state index contributed by atoms with van der Waals surface area (Å²) < 4.78 is 0. The first-order chi connectivity index (χ1) is 8.45. The van der Waals surface area contributed by atoms with Crippen LogP contribution >= 0.6 is 11.3 Å². The minimum absolute atomic E-state index is 0.0940. The summed E-state index contributed by atoms with van der Waals surface area (Å²) >= 11 is 1.61. The van der Waals surface area contributed by atoms with Gasteiger partial charge in [-0.1, -0.05) is 25.2 Å². The Bertz CT molecular complexity index is 363. The standard InChI is InChI=1S/C13H25N3OS/c1-10(2)12-11(9-17)18-13(14-12)16(5)8-6-7-15(3)4/h10,17H,6-9H2,1-5H3. The molecule has 1 aromatic rings. The maximum absolute atomic E-state index is 9.36. The quantitative estimate of drug-likeness (QED) is 0.825. The fraction of sp³-hybridized carbons (Fsp3) is 0.769. The van der Waals surface area contributed by atoms with E-state index >= 15 is 0 Å².